The molecule has 0 aliphatic carbocycles. The van der Waals surface area contributed by atoms with Gasteiger partial charge in [0.25, 0.3) is 0 Å². The number of hydrogen-bond donors (Lipinski definition) is 1. The Morgan fingerprint density at radius 3 is 2.52 bits per heavy atom. The number of aryl methyl sites for hydroxylation is 1. The third kappa shape index (κ3) is 3.45. The van der Waals surface area contributed by atoms with E-state index in [2.05, 4.69) is 10.3 Å². The summed E-state index contributed by atoms with van der Waals surface area (Å²) in [5.41, 5.74) is 2.74. The lowest BCUT2D eigenvalue weighted by Gasteiger charge is -2.05. The Labute approximate surface area is 123 Å². The molecule has 1 N–H and O–H groups in total. The number of hydrogen-bond acceptors (Lipinski definition) is 2. The van der Waals surface area contributed by atoms with Gasteiger partial charge < -0.3 is 5.32 Å². The third-order valence-electron chi connectivity index (χ3n) is 3.32. The minimum absolute atomic E-state index is 0.0103. The molecule has 0 saturated carbocycles. The van der Waals surface area contributed by atoms with Gasteiger partial charge in [-0.25, -0.2) is 0 Å². The number of aromatic nitrogens is 1. The van der Waals surface area contributed by atoms with Crippen molar-refractivity contribution >= 4 is 22.5 Å². The van der Waals surface area contributed by atoms with E-state index in [0.717, 1.165) is 22.3 Å². The van der Waals surface area contributed by atoms with Gasteiger partial charge >= 0.3 is 0 Å². The number of nitrogens with zero attached hydrogens (tertiary/aromatic N) is 1. The van der Waals surface area contributed by atoms with Crippen LogP contribution < -0.4 is 5.32 Å². The average Bonchev–Trinajstić information content (AvgIpc) is 2.54. The summed E-state index contributed by atoms with van der Waals surface area (Å²) in [6, 6.07) is 21.5. The quantitative estimate of drug-likeness (QED) is 0.787. The first kappa shape index (κ1) is 13.3. The summed E-state index contributed by atoms with van der Waals surface area (Å²) in [4.78, 5) is 16.5. The van der Waals surface area contributed by atoms with Gasteiger partial charge in [-0.15, -0.1) is 0 Å². The average molecular weight is 276 g/mol. The van der Waals surface area contributed by atoms with E-state index in [1.807, 2.05) is 66.7 Å². The van der Waals surface area contributed by atoms with Crippen molar-refractivity contribution in [1.29, 1.82) is 0 Å². The molecule has 0 spiro atoms. The van der Waals surface area contributed by atoms with Crippen LogP contribution in [0.2, 0.25) is 0 Å². The van der Waals surface area contributed by atoms with Crippen molar-refractivity contribution in [2.75, 3.05) is 5.32 Å². The molecule has 1 amide bonds. The maximum Gasteiger partial charge on any atom is 0.224 e. The van der Waals surface area contributed by atoms with Crippen molar-refractivity contribution in [3.05, 3.63) is 72.4 Å². The molecule has 0 saturated heterocycles. The SMILES string of the molecule is O=C(CCc1ccc2ccccc2n1)Nc1ccccc1. The number of benzene rings is 2. The van der Waals surface area contributed by atoms with Gasteiger partial charge in [-0.05, 0) is 30.7 Å². The maximum absolute atomic E-state index is 11.9. The summed E-state index contributed by atoms with van der Waals surface area (Å²) < 4.78 is 0. The van der Waals surface area contributed by atoms with Crippen molar-refractivity contribution in [2.45, 2.75) is 12.8 Å². The highest BCUT2D eigenvalue weighted by molar-refractivity contribution is 5.90. The molecule has 3 heteroatoms. The Morgan fingerprint density at radius 2 is 1.67 bits per heavy atom. The van der Waals surface area contributed by atoms with Gasteiger partial charge in [0.1, 0.15) is 0 Å². The summed E-state index contributed by atoms with van der Waals surface area (Å²) in [5, 5.41) is 4.00. The predicted molar refractivity (Wildman–Crippen MR) is 85.1 cm³/mol. The first-order chi connectivity index (χ1) is 10.3. The van der Waals surface area contributed by atoms with E-state index in [1.54, 1.807) is 0 Å². The molecule has 1 aromatic heterocycles. The summed E-state index contributed by atoms with van der Waals surface area (Å²) in [6.45, 7) is 0. The molecule has 0 radical (unpaired) electrons. The second-order valence-corrected chi connectivity index (χ2v) is 4.91. The fraction of sp³-hybridized carbons (Fsp3) is 0.111. The van der Waals surface area contributed by atoms with Crippen molar-refractivity contribution in [2.24, 2.45) is 0 Å². The number of fused-ring (bicyclic) bond motifs is 1. The lowest BCUT2D eigenvalue weighted by molar-refractivity contribution is -0.116. The fourth-order valence-electron chi connectivity index (χ4n) is 2.23. The molecule has 0 bridgehead atoms. The van der Waals surface area contributed by atoms with E-state index in [1.165, 1.54) is 0 Å². The number of carbonyl (C=O) groups excluding carboxylic acids is 1. The second-order valence-electron chi connectivity index (χ2n) is 4.91. The van der Waals surface area contributed by atoms with Crippen molar-refractivity contribution in [3.8, 4) is 0 Å². The minimum atomic E-state index is 0.0103. The van der Waals surface area contributed by atoms with Crippen LogP contribution in [0, 0.1) is 0 Å². The summed E-state index contributed by atoms with van der Waals surface area (Å²) >= 11 is 0. The molecule has 1 heterocycles. The van der Waals surface area contributed by atoms with Gasteiger partial charge in [0.05, 0.1) is 5.52 Å². The van der Waals surface area contributed by atoms with Crippen molar-refractivity contribution in [1.82, 2.24) is 4.98 Å². The number of carbonyl (C=O) groups is 1. The Morgan fingerprint density at radius 1 is 0.905 bits per heavy atom. The summed E-state index contributed by atoms with van der Waals surface area (Å²) in [5.74, 6) is 0.0103. The van der Waals surface area contributed by atoms with Crippen LogP contribution in [-0.4, -0.2) is 10.9 Å². The zero-order valence-electron chi connectivity index (χ0n) is 11.6. The lowest BCUT2D eigenvalue weighted by Crippen LogP contribution is -2.12. The maximum atomic E-state index is 11.9. The zero-order valence-corrected chi connectivity index (χ0v) is 11.6. The number of amides is 1. The monoisotopic (exact) mass is 276 g/mol. The molecule has 0 aliphatic rings. The van der Waals surface area contributed by atoms with Crippen LogP contribution in [0.25, 0.3) is 10.9 Å². The molecular formula is C18H16N2O. The topological polar surface area (TPSA) is 42.0 Å². The summed E-state index contributed by atoms with van der Waals surface area (Å²) in [6.07, 6.45) is 1.07. The predicted octanol–water partition coefficient (Wildman–Crippen LogP) is 3.81. The normalized spacial score (nSPS) is 10.5. The number of anilines is 1. The van der Waals surface area contributed by atoms with Crippen LogP contribution in [0.3, 0.4) is 0 Å². The molecule has 0 fully saturated rings. The van der Waals surface area contributed by atoms with Crippen LogP contribution >= 0.6 is 0 Å². The Bertz CT molecular complexity index is 753. The highest BCUT2D eigenvalue weighted by atomic mass is 16.1. The highest BCUT2D eigenvalue weighted by Crippen LogP contribution is 2.13. The Kier molecular flexibility index (Phi) is 3.92. The van der Waals surface area contributed by atoms with Gasteiger partial charge in [-0.3, -0.25) is 9.78 Å². The highest BCUT2D eigenvalue weighted by Gasteiger charge is 2.04. The van der Waals surface area contributed by atoms with E-state index in [4.69, 9.17) is 0 Å². The van der Waals surface area contributed by atoms with Gasteiger partial charge in [-0.1, -0.05) is 42.5 Å². The Balaban J connectivity index is 1.62. The van der Waals surface area contributed by atoms with Gasteiger partial charge in [-0.2, -0.15) is 0 Å². The molecule has 2 aromatic carbocycles. The van der Waals surface area contributed by atoms with Crippen molar-refractivity contribution in [3.63, 3.8) is 0 Å². The Hall–Kier alpha value is -2.68. The molecule has 21 heavy (non-hydrogen) atoms. The molecule has 0 atom stereocenters. The van der Waals surface area contributed by atoms with E-state index in [0.29, 0.717) is 12.8 Å². The molecule has 104 valence electrons. The van der Waals surface area contributed by atoms with E-state index in [9.17, 15) is 4.79 Å². The number of para-hydroxylation sites is 2. The van der Waals surface area contributed by atoms with Gasteiger partial charge in [0, 0.05) is 23.2 Å². The number of rotatable bonds is 4. The fourth-order valence-corrected chi connectivity index (χ4v) is 2.23. The van der Waals surface area contributed by atoms with E-state index < -0.39 is 0 Å². The van der Waals surface area contributed by atoms with Crippen LogP contribution in [-0.2, 0) is 11.2 Å². The lowest BCUT2D eigenvalue weighted by atomic mass is 10.1. The van der Waals surface area contributed by atoms with Crippen LogP contribution in [0.4, 0.5) is 5.69 Å². The van der Waals surface area contributed by atoms with Crippen LogP contribution in [0.15, 0.2) is 66.7 Å². The zero-order chi connectivity index (χ0) is 14.5. The third-order valence-corrected chi connectivity index (χ3v) is 3.32. The van der Waals surface area contributed by atoms with E-state index >= 15 is 0 Å². The second kappa shape index (κ2) is 6.18. The minimum Gasteiger partial charge on any atom is -0.326 e. The smallest absolute Gasteiger partial charge is 0.224 e. The first-order valence-electron chi connectivity index (χ1n) is 7.01. The molecule has 0 unspecified atom stereocenters. The molecule has 3 aromatic rings. The number of pyridine rings is 1. The molecule has 3 nitrogen and oxygen atoms in total. The standard InChI is InChI=1S/C18H16N2O/c21-18(20-15-7-2-1-3-8-15)13-12-16-11-10-14-6-4-5-9-17(14)19-16/h1-11H,12-13H2,(H,20,21). The summed E-state index contributed by atoms with van der Waals surface area (Å²) in [7, 11) is 0. The van der Waals surface area contributed by atoms with Gasteiger partial charge in [0.2, 0.25) is 5.91 Å². The number of nitrogens with one attached hydrogen (secondary N) is 1. The largest absolute Gasteiger partial charge is 0.326 e. The first-order valence-corrected chi connectivity index (χ1v) is 7.01. The van der Waals surface area contributed by atoms with Gasteiger partial charge in [0.15, 0.2) is 0 Å². The molecule has 3 rings (SSSR count). The van der Waals surface area contributed by atoms with Crippen molar-refractivity contribution < 1.29 is 4.79 Å². The van der Waals surface area contributed by atoms with E-state index in [-0.39, 0.29) is 5.91 Å². The molecular weight excluding hydrogens is 260 g/mol. The molecule has 0 aliphatic heterocycles. The van der Waals surface area contributed by atoms with Crippen LogP contribution in [0.1, 0.15) is 12.1 Å². The van der Waals surface area contributed by atoms with Crippen LogP contribution in [0.5, 0.6) is 0 Å².